The van der Waals surface area contributed by atoms with Crippen molar-refractivity contribution in [3.63, 3.8) is 0 Å². The van der Waals surface area contributed by atoms with Gasteiger partial charge in [0.05, 0.1) is 0 Å². The van der Waals surface area contributed by atoms with Gasteiger partial charge in [-0.1, -0.05) is 42.5 Å². The number of aryl methyl sites for hydroxylation is 2. The van der Waals surface area contributed by atoms with Crippen LogP contribution in [0.3, 0.4) is 0 Å². The normalized spacial score (nSPS) is 10.6. The van der Waals surface area contributed by atoms with E-state index >= 15 is 0 Å². The summed E-state index contributed by atoms with van der Waals surface area (Å²) in [6.07, 6.45) is 0. The molecular formula is C17H16N4O. The monoisotopic (exact) mass is 292 g/mol. The number of anilines is 1. The van der Waals surface area contributed by atoms with Crippen molar-refractivity contribution >= 4 is 11.9 Å². The summed E-state index contributed by atoms with van der Waals surface area (Å²) in [4.78, 5) is 16.8. The van der Waals surface area contributed by atoms with Crippen molar-refractivity contribution in [1.29, 1.82) is 0 Å². The van der Waals surface area contributed by atoms with Gasteiger partial charge >= 0.3 is 0 Å². The quantitative estimate of drug-likeness (QED) is 0.788. The maximum absolute atomic E-state index is 12.6. The molecule has 0 atom stereocenters. The summed E-state index contributed by atoms with van der Waals surface area (Å²) in [7, 11) is 0. The topological polar surface area (TPSA) is 73.8 Å². The van der Waals surface area contributed by atoms with E-state index in [1.165, 1.54) is 0 Å². The number of rotatable bonds is 2. The molecule has 0 saturated carbocycles. The average Bonchev–Trinajstić information content (AvgIpc) is 2.89. The van der Waals surface area contributed by atoms with Gasteiger partial charge in [-0.25, -0.2) is 0 Å². The molecule has 0 spiro atoms. The van der Waals surface area contributed by atoms with Gasteiger partial charge in [0.25, 0.3) is 5.91 Å². The Morgan fingerprint density at radius 2 is 1.64 bits per heavy atom. The first kappa shape index (κ1) is 14.0. The fourth-order valence-electron chi connectivity index (χ4n) is 2.34. The van der Waals surface area contributed by atoms with Gasteiger partial charge < -0.3 is 5.73 Å². The Bertz CT molecular complexity index is 851. The molecule has 0 unspecified atom stereocenters. The van der Waals surface area contributed by atoms with E-state index < -0.39 is 0 Å². The molecule has 3 rings (SSSR count). The van der Waals surface area contributed by atoms with Crippen molar-refractivity contribution in [2.45, 2.75) is 13.8 Å². The molecule has 1 aromatic heterocycles. The Morgan fingerprint density at radius 3 is 2.32 bits per heavy atom. The van der Waals surface area contributed by atoms with Crippen LogP contribution < -0.4 is 5.73 Å². The maximum atomic E-state index is 12.6. The molecule has 0 aliphatic rings. The van der Waals surface area contributed by atoms with Gasteiger partial charge in [-0.05, 0) is 31.0 Å². The lowest BCUT2D eigenvalue weighted by Gasteiger charge is -2.04. The number of nitrogens with two attached hydrogens (primary N) is 1. The van der Waals surface area contributed by atoms with E-state index in [9.17, 15) is 4.79 Å². The van der Waals surface area contributed by atoms with Crippen molar-refractivity contribution in [3.05, 3.63) is 65.2 Å². The van der Waals surface area contributed by atoms with Crippen molar-refractivity contribution < 1.29 is 4.79 Å². The summed E-state index contributed by atoms with van der Waals surface area (Å²) >= 11 is 0. The zero-order chi connectivity index (χ0) is 15.7. The Labute approximate surface area is 128 Å². The van der Waals surface area contributed by atoms with E-state index in [0.29, 0.717) is 11.4 Å². The molecule has 0 radical (unpaired) electrons. The van der Waals surface area contributed by atoms with Crippen LogP contribution in [0.15, 0.2) is 48.5 Å². The van der Waals surface area contributed by atoms with E-state index in [-0.39, 0.29) is 11.9 Å². The van der Waals surface area contributed by atoms with Gasteiger partial charge in [0, 0.05) is 11.1 Å². The molecule has 22 heavy (non-hydrogen) atoms. The molecule has 110 valence electrons. The Kier molecular flexibility index (Phi) is 3.47. The summed E-state index contributed by atoms with van der Waals surface area (Å²) in [5.41, 5.74) is 9.22. The van der Waals surface area contributed by atoms with Crippen LogP contribution in [0, 0.1) is 13.8 Å². The number of hydrogen-bond donors (Lipinski definition) is 1. The van der Waals surface area contributed by atoms with Gasteiger partial charge in [0.15, 0.2) is 5.82 Å². The molecule has 2 N–H and O–H groups in total. The van der Waals surface area contributed by atoms with E-state index in [4.69, 9.17) is 5.73 Å². The van der Waals surface area contributed by atoms with Crippen LogP contribution in [0.2, 0.25) is 0 Å². The molecule has 0 amide bonds. The summed E-state index contributed by atoms with van der Waals surface area (Å²) < 4.78 is 1.16. The minimum absolute atomic E-state index is 0.0894. The Morgan fingerprint density at radius 1 is 1.00 bits per heavy atom. The summed E-state index contributed by atoms with van der Waals surface area (Å²) in [5.74, 6) is 0.270. The van der Waals surface area contributed by atoms with Gasteiger partial charge in [-0.15, -0.1) is 5.10 Å². The number of carbonyl (C=O) groups is 1. The zero-order valence-electron chi connectivity index (χ0n) is 12.4. The van der Waals surface area contributed by atoms with E-state index in [0.717, 1.165) is 21.4 Å². The molecule has 5 nitrogen and oxygen atoms in total. The predicted molar refractivity (Wildman–Crippen MR) is 85.5 cm³/mol. The molecule has 0 saturated heterocycles. The first-order chi connectivity index (χ1) is 10.6. The van der Waals surface area contributed by atoms with Crippen LogP contribution in [0.5, 0.6) is 0 Å². The third-order valence-corrected chi connectivity index (χ3v) is 3.59. The number of carbonyl (C=O) groups excluding carboxylic acids is 1. The molecule has 1 heterocycles. The Balaban J connectivity index is 2.05. The smallest absolute Gasteiger partial charge is 0.281 e. The minimum atomic E-state index is -0.275. The first-order valence-electron chi connectivity index (χ1n) is 6.97. The minimum Gasteiger partial charge on any atom is -0.368 e. The van der Waals surface area contributed by atoms with Crippen LogP contribution in [-0.4, -0.2) is 20.7 Å². The number of benzene rings is 2. The largest absolute Gasteiger partial charge is 0.368 e. The highest BCUT2D eigenvalue weighted by Gasteiger charge is 2.18. The lowest BCUT2D eigenvalue weighted by Crippen LogP contribution is -2.17. The lowest BCUT2D eigenvalue weighted by atomic mass is 10.1. The maximum Gasteiger partial charge on any atom is 0.281 e. The summed E-state index contributed by atoms with van der Waals surface area (Å²) in [6.45, 7) is 3.85. The first-order valence-corrected chi connectivity index (χ1v) is 6.97. The molecule has 0 bridgehead atoms. The highest BCUT2D eigenvalue weighted by Crippen LogP contribution is 2.21. The fraction of sp³-hybridized carbons (Fsp3) is 0.118. The van der Waals surface area contributed by atoms with Crippen LogP contribution in [0.1, 0.15) is 21.5 Å². The van der Waals surface area contributed by atoms with Gasteiger partial charge in [-0.3, -0.25) is 4.79 Å². The molecule has 5 heteroatoms. The molecule has 3 aromatic rings. The summed E-state index contributed by atoms with van der Waals surface area (Å²) in [5, 5.41) is 4.29. The second-order valence-electron chi connectivity index (χ2n) is 5.14. The van der Waals surface area contributed by atoms with Crippen LogP contribution in [0.4, 0.5) is 5.95 Å². The fourth-order valence-corrected chi connectivity index (χ4v) is 2.34. The number of aromatic nitrogens is 3. The van der Waals surface area contributed by atoms with E-state index in [1.54, 1.807) is 6.07 Å². The standard InChI is InChI=1S/C17H16N4O/c1-11-7-3-5-9-13(11)15-19-17(18)21(20-15)16(22)14-10-6-4-8-12(14)2/h3-10H,1-2H3,(H2,18,19,20). The zero-order valence-corrected chi connectivity index (χ0v) is 12.4. The van der Waals surface area contributed by atoms with Gasteiger partial charge in [0.2, 0.25) is 5.95 Å². The number of nitrogen functional groups attached to an aromatic ring is 1. The molecule has 0 aliphatic carbocycles. The second kappa shape index (κ2) is 5.44. The Hall–Kier alpha value is -2.95. The third-order valence-electron chi connectivity index (χ3n) is 3.59. The average molecular weight is 292 g/mol. The van der Waals surface area contributed by atoms with Crippen molar-refractivity contribution in [2.24, 2.45) is 0 Å². The summed E-state index contributed by atoms with van der Waals surface area (Å²) in [6, 6.07) is 15.1. The van der Waals surface area contributed by atoms with Crippen LogP contribution in [0.25, 0.3) is 11.4 Å². The van der Waals surface area contributed by atoms with E-state index in [2.05, 4.69) is 10.1 Å². The third kappa shape index (κ3) is 2.37. The molecule has 0 aliphatic heterocycles. The van der Waals surface area contributed by atoms with Gasteiger partial charge in [-0.2, -0.15) is 9.67 Å². The number of hydrogen-bond acceptors (Lipinski definition) is 4. The van der Waals surface area contributed by atoms with Gasteiger partial charge in [0.1, 0.15) is 0 Å². The SMILES string of the molecule is Cc1ccccc1C(=O)n1nc(-c2ccccc2C)nc1N. The molecular weight excluding hydrogens is 276 g/mol. The van der Waals surface area contributed by atoms with Crippen molar-refractivity contribution in [3.8, 4) is 11.4 Å². The van der Waals surface area contributed by atoms with Crippen molar-refractivity contribution in [2.75, 3.05) is 5.73 Å². The van der Waals surface area contributed by atoms with Crippen LogP contribution in [-0.2, 0) is 0 Å². The predicted octanol–water partition coefficient (Wildman–Crippen LogP) is 2.83. The lowest BCUT2D eigenvalue weighted by molar-refractivity contribution is 0.0947. The molecule has 2 aromatic carbocycles. The van der Waals surface area contributed by atoms with Crippen LogP contribution >= 0.6 is 0 Å². The highest BCUT2D eigenvalue weighted by atomic mass is 16.2. The molecule has 0 fully saturated rings. The second-order valence-corrected chi connectivity index (χ2v) is 5.14. The van der Waals surface area contributed by atoms with E-state index in [1.807, 2.05) is 56.3 Å². The van der Waals surface area contributed by atoms with Crippen molar-refractivity contribution in [1.82, 2.24) is 14.8 Å². The highest BCUT2D eigenvalue weighted by molar-refractivity contribution is 5.98. The number of nitrogens with zero attached hydrogens (tertiary/aromatic N) is 3.